The van der Waals surface area contributed by atoms with Gasteiger partial charge in [0.25, 0.3) is 0 Å². The summed E-state index contributed by atoms with van der Waals surface area (Å²) in [6.45, 7) is 1.69. The SMILES string of the molecule is C/C=C/[O-].[Li+]. The van der Waals surface area contributed by atoms with Crippen LogP contribution in [0.5, 0.6) is 0 Å². The van der Waals surface area contributed by atoms with Crippen molar-refractivity contribution in [2.45, 2.75) is 6.92 Å². The zero-order chi connectivity index (χ0) is 3.41. The van der Waals surface area contributed by atoms with Crippen molar-refractivity contribution in [2.24, 2.45) is 0 Å². The van der Waals surface area contributed by atoms with Gasteiger partial charge in [0.1, 0.15) is 0 Å². The molecule has 0 radical (unpaired) electrons. The Kier molecular flexibility index (Phi) is 15.9. The third kappa shape index (κ3) is 14.6. The van der Waals surface area contributed by atoms with Crippen molar-refractivity contribution in [2.75, 3.05) is 0 Å². The van der Waals surface area contributed by atoms with Crippen LogP contribution in [-0.4, -0.2) is 0 Å². The monoisotopic (exact) mass is 64.1 g/mol. The van der Waals surface area contributed by atoms with E-state index in [1.165, 1.54) is 6.08 Å². The Morgan fingerprint density at radius 3 is 1.80 bits per heavy atom. The molecule has 0 N–H and O–H groups in total. The normalized spacial score (nSPS) is 7.40. The van der Waals surface area contributed by atoms with Crippen LogP contribution in [0.1, 0.15) is 6.92 Å². The summed E-state index contributed by atoms with van der Waals surface area (Å²) in [4.78, 5) is 0. The van der Waals surface area contributed by atoms with Gasteiger partial charge in [0.05, 0.1) is 0 Å². The van der Waals surface area contributed by atoms with Crippen molar-refractivity contribution in [1.82, 2.24) is 0 Å². The van der Waals surface area contributed by atoms with Crippen LogP contribution in [0.3, 0.4) is 0 Å². The molecule has 0 aliphatic rings. The molecule has 1 nitrogen and oxygen atoms in total. The largest absolute Gasteiger partial charge is 1.00 e. The fraction of sp³-hybridized carbons (Fsp3) is 0.333. The molecule has 2 heteroatoms. The van der Waals surface area contributed by atoms with Gasteiger partial charge in [-0.25, -0.2) is 0 Å². The zero-order valence-corrected chi connectivity index (χ0v) is 3.56. The predicted octanol–water partition coefficient (Wildman–Crippen LogP) is -3.12. The van der Waals surface area contributed by atoms with Gasteiger partial charge in [0.2, 0.25) is 0 Å². The van der Waals surface area contributed by atoms with Crippen molar-refractivity contribution < 1.29 is 24.0 Å². The fourth-order valence-electron chi connectivity index (χ4n) is 0. The van der Waals surface area contributed by atoms with Crippen LogP contribution < -0.4 is 24.0 Å². The first kappa shape index (κ1) is 8.93. The molecule has 0 aromatic carbocycles. The van der Waals surface area contributed by atoms with Gasteiger partial charge in [0, 0.05) is 0 Å². The minimum Gasteiger partial charge on any atom is -0.878 e. The first-order valence-corrected chi connectivity index (χ1v) is 1.15. The van der Waals surface area contributed by atoms with Crippen molar-refractivity contribution >= 4 is 0 Å². The van der Waals surface area contributed by atoms with Gasteiger partial charge in [-0.3, -0.25) is 0 Å². The van der Waals surface area contributed by atoms with Gasteiger partial charge >= 0.3 is 18.9 Å². The molecule has 0 heterocycles. The van der Waals surface area contributed by atoms with E-state index >= 15 is 0 Å². The Morgan fingerprint density at radius 2 is 1.80 bits per heavy atom. The molecule has 0 unspecified atom stereocenters. The molecule has 24 valence electrons. The van der Waals surface area contributed by atoms with E-state index in [1.54, 1.807) is 6.92 Å². The Bertz CT molecular complexity index is 22.1. The summed E-state index contributed by atoms with van der Waals surface area (Å²) in [5.41, 5.74) is 0. The fourth-order valence-corrected chi connectivity index (χ4v) is 0. The maximum Gasteiger partial charge on any atom is 1.00 e. The van der Waals surface area contributed by atoms with Crippen LogP contribution in [0, 0.1) is 0 Å². The van der Waals surface area contributed by atoms with Crippen molar-refractivity contribution in [1.29, 1.82) is 0 Å². The predicted molar refractivity (Wildman–Crippen MR) is 14.8 cm³/mol. The summed E-state index contributed by atoms with van der Waals surface area (Å²) in [6, 6.07) is 0. The Hall–Kier alpha value is 0.137. The molecule has 0 aliphatic heterocycles. The van der Waals surface area contributed by atoms with Crippen LogP contribution in [0.25, 0.3) is 0 Å². The van der Waals surface area contributed by atoms with Crippen molar-refractivity contribution in [3.8, 4) is 0 Å². The molecule has 0 aromatic rings. The number of hydrogen-bond acceptors (Lipinski definition) is 1. The standard InChI is InChI=1S/C3H6O.Li/c1-2-3-4;/h2-4H,1H3;/q;+1/p-1/b3-2+;. The number of hydrogen-bond donors (Lipinski definition) is 0. The van der Waals surface area contributed by atoms with E-state index in [9.17, 15) is 0 Å². The summed E-state index contributed by atoms with van der Waals surface area (Å²) in [5, 5.41) is 9.12. The van der Waals surface area contributed by atoms with Crippen LogP contribution in [0.4, 0.5) is 0 Å². The second kappa shape index (κ2) is 8.91. The molecule has 0 saturated heterocycles. The second-order valence-corrected chi connectivity index (χ2v) is 0.469. The first-order chi connectivity index (χ1) is 1.91. The maximum atomic E-state index is 9.12. The molecule has 0 atom stereocenters. The number of rotatable bonds is 0. The maximum absolute atomic E-state index is 9.12. The molecule has 0 spiro atoms. The second-order valence-electron chi connectivity index (χ2n) is 0.469. The average Bonchev–Trinajstić information content (AvgIpc) is 1.37. The van der Waals surface area contributed by atoms with E-state index in [2.05, 4.69) is 0 Å². The molecular weight excluding hydrogens is 59.0 g/mol. The molecular formula is C3H5LiO. The van der Waals surface area contributed by atoms with Gasteiger partial charge in [0.15, 0.2) is 0 Å². The van der Waals surface area contributed by atoms with E-state index in [4.69, 9.17) is 5.11 Å². The smallest absolute Gasteiger partial charge is 0.878 e. The number of allylic oxidation sites excluding steroid dienone is 1. The minimum absolute atomic E-state index is 0. The topological polar surface area (TPSA) is 23.1 Å². The molecule has 0 bridgehead atoms. The molecule has 5 heavy (non-hydrogen) atoms. The molecule has 0 fully saturated rings. The summed E-state index contributed by atoms with van der Waals surface area (Å²) >= 11 is 0. The van der Waals surface area contributed by atoms with Gasteiger partial charge in [-0.2, -0.15) is 6.26 Å². The van der Waals surface area contributed by atoms with Crippen LogP contribution in [0.15, 0.2) is 12.3 Å². The molecule has 0 aromatic heterocycles. The molecule has 0 amide bonds. The van der Waals surface area contributed by atoms with Crippen molar-refractivity contribution in [3.05, 3.63) is 12.3 Å². The summed E-state index contributed by atoms with van der Waals surface area (Å²) in [5.74, 6) is 0. The molecule has 0 saturated carbocycles. The van der Waals surface area contributed by atoms with Gasteiger partial charge in [-0.15, -0.1) is 6.08 Å². The van der Waals surface area contributed by atoms with Crippen molar-refractivity contribution in [3.63, 3.8) is 0 Å². The van der Waals surface area contributed by atoms with Gasteiger partial charge in [-0.1, -0.05) is 0 Å². The van der Waals surface area contributed by atoms with E-state index < -0.39 is 0 Å². The third-order valence-electron chi connectivity index (χ3n) is 0.136. The molecule has 0 rings (SSSR count). The minimum atomic E-state index is 0. The Labute approximate surface area is 43.9 Å². The third-order valence-corrected chi connectivity index (χ3v) is 0.136. The molecule has 0 aliphatic carbocycles. The van der Waals surface area contributed by atoms with E-state index in [0.717, 1.165) is 6.26 Å². The first-order valence-electron chi connectivity index (χ1n) is 1.15. The van der Waals surface area contributed by atoms with Crippen LogP contribution in [0.2, 0.25) is 0 Å². The zero-order valence-electron chi connectivity index (χ0n) is 3.56. The Balaban J connectivity index is 0. The summed E-state index contributed by atoms with van der Waals surface area (Å²) in [7, 11) is 0. The van der Waals surface area contributed by atoms with Crippen LogP contribution >= 0.6 is 0 Å². The summed E-state index contributed by atoms with van der Waals surface area (Å²) < 4.78 is 0. The average molecular weight is 64.0 g/mol. The van der Waals surface area contributed by atoms with E-state index in [0.29, 0.717) is 0 Å². The van der Waals surface area contributed by atoms with Crippen LogP contribution in [-0.2, 0) is 0 Å². The van der Waals surface area contributed by atoms with E-state index in [1.807, 2.05) is 0 Å². The van der Waals surface area contributed by atoms with Gasteiger partial charge < -0.3 is 5.11 Å². The summed E-state index contributed by atoms with van der Waals surface area (Å²) in [6.07, 6.45) is 2.19. The quantitative estimate of drug-likeness (QED) is 0.216. The Morgan fingerprint density at radius 1 is 1.60 bits per heavy atom. The van der Waals surface area contributed by atoms with Gasteiger partial charge in [-0.05, 0) is 6.92 Å². The van der Waals surface area contributed by atoms with E-state index in [-0.39, 0.29) is 18.9 Å².